The third-order valence-electron chi connectivity index (χ3n) is 2.69. The van der Waals surface area contributed by atoms with Gasteiger partial charge in [0.2, 0.25) is 10.0 Å². The molecule has 0 fully saturated rings. The number of anilines is 1. The van der Waals surface area contributed by atoms with E-state index in [1.54, 1.807) is 0 Å². The second-order valence-electron chi connectivity index (χ2n) is 4.33. The van der Waals surface area contributed by atoms with Crippen molar-refractivity contribution in [3.8, 4) is 5.75 Å². The Morgan fingerprint density at radius 3 is 2.70 bits per heavy atom. The highest BCUT2D eigenvalue weighted by atomic mass is 32.2. The molecular formula is C13H21FN2O3S. The van der Waals surface area contributed by atoms with E-state index in [9.17, 15) is 12.8 Å². The molecule has 0 heterocycles. The van der Waals surface area contributed by atoms with Crippen molar-refractivity contribution in [2.45, 2.75) is 19.8 Å². The Morgan fingerprint density at radius 1 is 1.30 bits per heavy atom. The van der Waals surface area contributed by atoms with Crippen molar-refractivity contribution in [2.75, 3.05) is 30.7 Å². The molecule has 0 aromatic heterocycles. The summed E-state index contributed by atoms with van der Waals surface area (Å²) in [6.07, 6.45) is 1.36. The van der Waals surface area contributed by atoms with E-state index in [0.29, 0.717) is 12.1 Å². The van der Waals surface area contributed by atoms with Gasteiger partial charge in [-0.2, -0.15) is 0 Å². The highest BCUT2D eigenvalue weighted by Crippen LogP contribution is 2.22. The molecule has 0 aliphatic heterocycles. The first-order valence-corrected chi connectivity index (χ1v) is 8.18. The first kappa shape index (κ1) is 16.7. The molecular weight excluding hydrogens is 283 g/mol. The summed E-state index contributed by atoms with van der Waals surface area (Å²) >= 11 is 0. The molecule has 0 atom stereocenters. The maximum Gasteiger partial charge on any atom is 0.232 e. The molecule has 2 N–H and O–H groups in total. The molecule has 0 spiro atoms. The summed E-state index contributed by atoms with van der Waals surface area (Å²) in [6.45, 7) is 3.68. The van der Waals surface area contributed by atoms with Crippen LogP contribution in [0.3, 0.4) is 0 Å². The zero-order valence-corrected chi connectivity index (χ0v) is 12.6. The maximum absolute atomic E-state index is 13.2. The Hall–Kier alpha value is -1.34. The average Bonchev–Trinajstić information content (AvgIpc) is 2.40. The monoisotopic (exact) mass is 304 g/mol. The van der Waals surface area contributed by atoms with Crippen LogP contribution in [0.25, 0.3) is 0 Å². The fourth-order valence-corrected chi connectivity index (χ4v) is 2.85. The van der Waals surface area contributed by atoms with Gasteiger partial charge in [0.15, 0.2) is 11.6 Å². The molecule has 20 heavy (non-hydrogen) atoms. The topological polar surface area (TPSA) is 67.4 Å². The fraction of sp³-hybridized carbons (Fsp3) is 0.538. The summed E-state index contributed by atoms with van der Waals surface area (Å²) in [5.74, 6) is -0.476. The zero-order valence-electron chi connectivity index (χ0n) is 11.8. The number of halogens is 1. The largest absolute Gasteiger partial charge is 0.494 e. The van der Waals surface area contributed by atoms with Gasteiger partial charge in [-0.15, -0.1) is 0 Å². The fourth-order valence-electron chi connectivity index (χ4n) is 1.67. The number of rotatable bonds is 9. The third kappa shape index (κ3) is 5.75. The summed E-state index contributed by atoms with van der Waals surface area (Å²) in [4.78, 5) is 0. The van der Waals surface area contributed by atoms with Crippen LogP contribution in [-0.2, 0) is 10.0 Å². The Morgan fingerprint density at radius 2 is 2.05 bits per heavy atom. The quantitative estimate of drug-likeness (QED) is 0.684. The number of benzene rings is 1. The molecule has 0 bridgehead atoms. The van der Waals surface area contributed by atoms with Crippen LogP contribution in [0.15, 0.2) is 18.2 Å². The van der Waals surface area contributed by atoms with Crippen LogP contribution in [0.1, 0.15) is 19.8 Å². The zero-order chi connectivity index (χ0) is 15.0. The van der Waals surface area contributed by atoms with E-state index in [1.807, 2.05) is 6.92 Å². The smallest absolute Gasteiger partial charge is 0.232 e. The second kappa shape index (κ2) is 8.06. The number of nitrogens with one attached hydrogen (secondary N) is 2. The van der Waals surface area contributed by atoms with Gasteiger partial charge < -0.3 is 10.1 Å². The summed E-state index contributed by atoms with van der Waals surface area (Å²) < 4.78 is 44.1. The van der Waals surface area contributed by atoms with Crippen molar-refractivity contribution in [3.63, 3.8) is 0 Å². The maximum atomic E-state index is 13.2. The van der Waals surface area contributed by atoms with Crippen molar-refractivity contribution in [2.24, 2.45) is 0 Å². The number of sulfonamides is 1. The lowest BCUT2D eigenvalue weighted by Crippen LogP contribution is -2.19. The lowest BCUT2D eigenvalue weighted by atomic mass is 10.3. The van der Waals surface area contributed by atoms with Gasteiger partial charge in [-0.05, 0) is 38.1 Å². The number of hydrogen-bond acceptors (Lipinski definition) is 4. The molecule has 0 unspecified atom stereocenters. The van der Waals surface area contributed by atoms with E-state index >= 15 is 0 Å². The van der Waals surface area contributed by atoms with Gasteiger partial charge in [-0.1, -0.05) is 6.92 Å². The van der Waals surface area contributed by atoms with Crippen LogP contribution in [0, 0.1) is 5.82 Å². The minimum atomic E-state index is -3.42. The molecule has 1 aromatic carbocycles. The van der Waals surface area contributed by atoms with Crippen molar-refractivity contribution < 1.29 is 17.5 Å². The lowest BCUT2D eigenvalue weighted by Gasteiger charge is -2.10. The Balaban J connectivity index is 2.53. The summed E-state index contributed by atoms with van der Waals surface area (Å²) in [6, 6.07) is 3.86. The van der Waals surface area contributed by atoms with E-state index in [1.165, 1.54) is 25.3 Å². The van der Waals surface area contributed by atoms with Crippen molar-refractivity contribution in [3.05, 3.63) is 24.0 Å². The van der Waals surface area contributed by atoms with E-state index in [2.05, 4.69) is 10.0 Å². The number of methoxy groups -OCH3 is 1. The minimum Gasteiger partial charge on any atom is -0.494 e. The Kier molecular flexibility index (Phi) is 6.74. The van der Waals surface area contributed by atoms with Gasteiger partial charge in [-0.25, -0.2) is 12.8 Å². The average molecular weight is 304 g/mol. The molecule has 0 aliphatic rings. The third-order valence-corrected chi connectivity index (χ3v) is 4.06. The molecule has 5 nitrogen and oxygen atoms in total. The highest BCUT2D eigenvalue weighted by Gasteiger charge is 2.11. The normalized spacial score (nSPS) is 11.3. The van der Waals surface area contributed by atoms with Crippen LogP contribution in [0.5, 0.6) is 5.75 Å². The summed E-state index contributed by atoms with van der Waals surface area (Å²) in [5, 5.41) is 3.13. The van der Waals surface area contributed by atoms with Gasteiger partial charge in [-0.3, -0.25) is 4.72 Å². The molecule has 114 valence electrons. The van der Waals surface area contributed by atoms with Crippen molar-refractivity contribution >= 4 is 15.7 Å². The first-order chi connectivity index (χ1) is 9.48. The van der Waals surface area contributed by atoms with E-state index in [4.69, 9.17) is 4.74 Å². The van der Waals surface area contributed by atoms with Gasteiger partial charge >= 0.3 is 0 Å². The number of hydrogen-bond donors (Lipinski definition) is 2. The van der Waals surface area contributed by atoms with Gasteiger partial charge in [0.05, 0.1) is 18.6 Å². The highest BCUT2D eigenvalue weighted by molar-refractivity contribution is 7.92. The van der Waals surface area contributed by atoms with Crippen LogP contribution in [0.2, 0.25) is 0 Å². The lowest BCUT2D eigenvalue weighted by molar-refractivity contribution is 0.387. The van der Waals surface area contributed by atoms with E-state index in [-0.39, 0.29) is 11.5 Å². The van der Waals surface area contributed by atoms with Crippen LogP contribution < -0.4 is 14.8 Å². The minimum absolute atomic E-state index is 0.0114. The summed E-state index contributed by atoms with van der Waals surface area (Å²) in [7, 11) is -2.08. The predicted molar refractivity (Wildman–Crippen MR) is 78.1 cm³/mol. The molecule has 0 saturated heterocycles. The van der Waals surface area contributed by atoms with Crippen LogP contribution >= 0.6 is 0 Å². The van der Waals surface area contributed by atoms with E-state index < -0.39 is 15.8 Å². The Bertz CT molecular complexity index is 520. The van der Waals surface area contributed by atoms with E-state index in [0.717, 1.165) is 19.5 Å². The SMILES string of the molecule is CCNCCCCS(=O)(=O)Nc1ccc(F)c(OC)c1. The molecule has 0 saturated carbocycles. The molecule has 0 radical (unpaired) electrons. The molecule has 0 amide bonds. The van der Waals surface area contributed by atoms with Crippen molar-refractivity contribution in [1.82, 2.24) is 5.32 Å². The van der Waals surface area contributed by atoms with Crippen LogP contribution in [-0.4, -0.2) is 34.4 Å². The summed E-state index contributed by atoms with van der Waals surface area (Å²) in [5.41, 5.74) is 0.301. The molecule has 7 heteroatoms. The number of ether oxygens (including phenoxy) is 1. The van der Waals surface area contributed by atoms with Gasteiger partial charge in [0.25, 0.3) is 0 Å². The predicted octanol–water partition coefficient (Wildman–Crippen LogP) is 1.97. The first-order valence-electron chi connectivity index (χ1n) is 6.53. The van der Waals surface area contributed by atoms with Crippen molar-refractivity contribution in [1.29, 1.82) is 0 Å². The van der Waals surface area contributed by atoms with Crippen LogP contribution in [0.4, 0.5) is 10.1 Å². The van der Waals surface area contributed by atoms with Gasteiger partial charge in [0.1, 0.15) is 0 Å². The second-order valence-corrected chi connectivity index (χ2v) is 6.17. The molecule has 1 aromatic rings. The van der Waals surface area contributed by atoms with Gasteiger partial charge in [0, 0.05) is 6.07 Å². The molecule has 1 rings (SSSR count). The number of unbranched alkanes of at least 4 members (excludes halogenated alkanes) is 1. The Labute approximate surface area is 119 Å². The molecule has 0 aliphatic carbocycles. The standard InChI is InChI=1S/C13H21FN2O3S/c1-3-15-8-4-5-9-20(17,18)16-11-6-7-12(14)13(10-11)19-2/h6-7,10,15-16H,3-5,8-9H2,1-2H3.